The first-order valence-corrected chi connectivity index (χ1v) is 28.2. The topological polar surface area (TPSA) is 396 Å². The monoisotopic (exact) mass is 1150 g/mol. The van der Waals surface area contributed by atoms with E-state index in [2.05, 4.69) is 62.8 Å². The van der Waals surface area contributed by atoms with E-state index in [9.17, 15) is 53.1 Å². The van der Waals surface area contributed by atoms with Gasteiger partial charge in [0.2, 0.25) is 59.1 Å². The van der Waals surface area contributed by atoms with Crippen molar-refractivity contribution in [2.75, 3.05) is 6.54 Å². The Morgan fingerprint density at radius 2 is 1.19 bits per heavy atom. The number of nitrogens with zero attached hydrogens (tertiary/aromatic N) is 1. The molecule has 16 N–H and O–H groups in total. The third-order valence-electron chi connectivity index (χ3n) is 13.5. The molecule has 0 bridgehead atoms. The number of aliphatic hydroxyl groups is 1. The van der Waals surface area contributed by atoms with E-state index in [1.165, 1.54) is 19.4 Å². The van der Waals surface area contributed by atoms with Crippen molar-refractivity contribution in [3.05, 3.63) is 90.1 Å². The third kappa shape index (κ3) is 22.9. The van der Waals surface area contributed by atoms with E-state index >= 15 is 0 Å². The SMILES string of the molecule is CC(C)C[C@H](NC(=O)C[C@H](O)[C@H](CC(C)C)NC(=O)[C@H](Cc1cnc[nH]1)NC(=O)CNC(=O)[C@@H](NC(=O)[C@H](C)NC(=O)[C@H](Cc1c[nH]c2ccccc12)NC(=O)[C@H](CCC(N)=O)NC(=O)[C@@H](Cc1ccccc1)NC(C)C)C(C)C)C(N)=O. The number of nitrogens with one attached hydrogen (secondary N) is 11. The Hall–Kier alpha value is -8.19. The molecule has 4 rings (SSSR count). The van der Waals surface area contributed by atoms with Crippen molar-refractivity contribution in [3.8, 4) is 0 Å². The van der Waals surface area contributed by atoms with Gasteiger partial charge in [-0.3, -0.25) is 47.9 Å². The minimum atomic E-state index is -1.40. The number of aromatic nitrogens is 3. The molecule has 10 amide bonds. The van der Waals surface area contributed by atoms with E-state index in [0.29, 0.717) is 11.3 Å². The molecule has 2 aromatic carbocycles. The number of aromatic amines is 2. The summed E-state index contributed by atoms with van der Waals surface area (Å²) in [6.45, 7) is 15.2. The Kier molecular flexibility index (Phi) is 26.8. The maximum absolute atomic E-state index is 14.3. The van der Waals surface area contributed by atoms with Crippen molar-refractivity contribution < 1.29 is 53.1 Å². The van der Waals surface area contributed by atoms with Gasteiger partial charge >= 0.3 is 0 Å². The number of benzene rings is 2. The zero-order valence-corrected chi connectivity index (χ0v) is 48.9. The maximum atomic E-state index is 14.3. The number of amides is 10. The molecular formula is C58H86N14O11. The number of fused-ring (bicyclic) bond motifs is 1. The second kappa shape index (κ2) is 33.0. The number of nitrogens with two attached hydrogens (primary N) is 2. The summed E-state index contributed by atoms with van der Waals surface area (Å²) < 4.78 is 0. The molecule has 454 valence electrons. The number of hydrogen-bond donors (Lipinski definition) is 14. The summed E-state index contributed by atoms with van der Waals surface area (Å²) in [5.74, 6) is -7.89. The van der Waals surface area contributed by atoms with E-state index < -0.39 is 132 Å². The number of aliphatic hydroxyl groups excluding tert-OH is 1. The lowest BCUT2D eigenvalue weighted by Gasteiger charge is -2.28. The summed E-state index contributed by atoms with van der Waals surface area (Å²) in [6, 6.07) is 7.24. The number of hydrogen-bond acceptors (Lipinski definition) is 13. The first-order chi connectivity index (χ1) is 39.2. The highest BCUT2D eigenvalue weighted by Crippen LogP contribution is 2.20. The number of carbonyl (C=O) groups excluding carboxylic acids is 10. The lowest BCUT2D eigenvalue weighted by atomic mass is 9.96. The van der Waals surface area contributed by atoms with Crippen molar-refractivity contribution in [1.29, 1.82) is 0 Å². The second-order valence-corrected chi connectivity index (χ2v) is 22.5. The number of primary amides is 2. The van der Waals surface area contributed by atoms with Gasteiger partial charge in [0.25, 0.3) is 0 Å². The number of imidazole rings is 1. The van der Waals surface area contributed by atoms with Crippen molar-refractivity contribution in [2.45, 2.75) is 174 Å². The first-order valence-electron chi connectivity index (χ1n) is 28.2. The molecule has 25 nitrogen and oxygen atoms in total. The van der Waals surface area contributed by atoms with Gasteiger partial charge in [0.1, 0.15) is 36.3 Å². The summed E-state index contributed by atoms with van der Waals surface area (Å²) in [5.41, 5.74) is 13.7. The zero-order chi connectivity index (χ0) is 61.5. The fourth-order valence-corrected chi connectivity index (χ4v) is 9.26. The normalized spacial score (nSPS) is 14.7. The van der Waals surface area contributed by atoms with Gasteiger partial charge < -0.3 is 74.4 Å². The fraction of sp³-hybridized carbons (Fsp3) is 0.534. The third-order valence-corrected chi connectivity index (χ3v) is 13.5. The minimum Gasteiger partial charge on any atom is -0.390 e. The van der Waals surface area contributed by atoms with Crippen LogP contribution in [0.1, 0.15) is 111 Å². The van der Waals surface area contributed by atoms with Crippen molar-refractivity contribution in [3.63, 3.8) is 0 Å². The zero-order valence-electron chi connectivity index (χ0n) is 48.9. The van der Waals surface area contributed by atoms with Crippen LogP contribution >= 0.6 is 0 Å². The quantitative estimate of drug-likeness (QED) is 0.0290. The summed E-state index contributed by atoms with van der Waals surface area (Å²) in [7, 11) is 0. The second-order valence-electron chi connectivity index (χ2n) is 22.5. The van der Waals surface area contributed by atoms with Crippen LogP contribution in [0.3, 0.4) is 0 Å². The largest absolute Gasteiger partial charge is 0.390 e. The molecule has 0 saturated heterocycles. The molecule has 2 heterocycles. The molecule has 4 aromatic rings. The smallest absolute Gasteiger partial charge is 0.243 e. The van der Waals surface area contributed by atoms with Crippen molar-refractivity contribution in [2.24, 2.45) is 29.2 Å². The van der Waals surface area contributed by atoms with Crippen LogP contribution in [0.2, 0.25) is 0 Å². The molecule has 9 atom stereocenters. The van der Waals surface area contributed by atoms with Crippen LogP contribution in [0.4, 0.5) is 0 Å². The molecule has 0 unspecified atom stereocenters. The van der Waals surface area contributed by atoms with E-state index in [0.717, 1.165) is 16.5 Å². The molecule has 83 heavy (non-hydrogen) atoms. The standard InChI is InChI=1S/C58H86N14O11/c1-31(2)21-42(47(73)26-49(75)67-43(52(60)77)22-32(3)4)70-57(82)46(25-38-28-61-30-64-38)68-50(76)29-63-58(83)51(33(5)6)72-53(78)35(9)66-55(80)45(24-37-27-62-40-18-14-13-17-39(37)40)71-54(79)41(19-20-48(59)74)69-56(81)44(65-34(7)8)23-36-15-11-10-12-16-36/h10-18,27-28,30-35,41-47,51,62,65,73H,19-26,29H2,1-9H3,(H2,59,74)(H2,60,77)(H,61,64)(H,63,83)(H,66,80)(H,67,75)(H,68,76)(H,69,81)(H,70,82)(H,71,79)(H,72,78)/t35-,41-,42-,43-,44+,45-,46-,47-,51-/m0/s1. The highest BCUT2D eigenvalue weighted by molar-refractivity contribution is 5.97. The summed E-state index contributed by atoms with van der Waals surface area (Å²) in [4.78, 5) is 145. The van der Waals surface area contributed by atoms with Gasteiger partial charge in [-0.25, -0.2) is 4.98 Å². The van der Waals surface area contributed by atoms with E-state index in [1.807, 2.05) is 96.1 Å². The summed E-state index contributed by atoms with van der Waals surface area (Å²) in [6.07, 6.45) is 2.80. The predicted molar refractivity (Wildman–Crippen MR) is 311 cm³/mol. The van der Waals surface area contributed by atoms with Gasteiger partial charge in [-0.2, -0.15) is 0 Å². The van der Waals surface area contributed by atoms with Crippen LogP contribution in [-0.4, -0.2) is 146 Å². The Morgan fingerprint density at radius 1 is 0.590 bits per heavy atom. The van der Waals surface area contributed by atoms with Crippen LogP contribution < -0.4 is 59.3 Å². The lowest BCUT2D eigenvalue weighted by Crippen LogP contribution is -2.60. The molecular weight excluding hydrogens is 1070 g/mol. The highest BCUT2D eigenvalue weighted by Gasteiger charge is 2.35. The van der Waals surface area contributed by atoms with Gasteiger partial charge in [0.15, 0.2) is 0 Å². The molecule has 0 fully saturated rings. The highest BCUT2D eigenvalue weighted by atomic mass is 16.3. The van der Waals surface area contributed by atoms with Gasteiger partial charge in [0, 0.05) is 54.3 Å². The minimum absolute atomic E-state index is 0.0348. The van der Waals surface area contributed by atoms with Gasteiger partial charge in [-0.1, -0.05) is 104 Å². The first kappa shape index (κ1) is 67.3. The predicted octanol–water partition coefficient (Wildman–Crippen LogP) is 0.0652. The van der Waals surface area contributed by atoms with Crippen molar-refractivity contribution in [1.82, 2.24) is 62.8 Å². The molecule has 0 radical (unpaired) electrons. The Morgan fingerprint density at radius 3 is 1.81 bits per heavy atom. The average molecular weight is 1160 g/mol. The number of rotatable bonds is 35. The van der Waals surface area contributed by atoms with Gasteiger partial charge in [-0.15, -0.1) is 0 Å². The van der Waals surface area contributed by atoms with Crippen LogP contribution in [0, 0.1) is 17.8 Å². The van der Waals surface area contributed by atoms with Crippen molar-refractivity contribution >= 4 is 70.0 Å². The van der Waals surface area contributed by atoms with Crippen LogP contribution in [0.25, 0.3) is 10.9 Å². The van der Waals surface area contributed by atoms with E-state index in [-0.39, 0.29) is 62.8 Å². The van der Waals surface area contributed by atoms with Crippen LogP contribution in [0.15, 0.2) is 73.3 Å². The summed E-state index contributed by atoms with van der Waals surface area (Å²) in [5, 5.41) is 36.5. The van der Waals surface area contributed by atoms with Crippen LogP contribution in [-0.2, 0) is 67.2 Å². The van der Waals surface area contributed by atoms with Gasteiger partial charge in [0.05, 0.1) is 37.5 Å². The molecule has 2 aromatic heterocycles. The number of carbonyl (C=O) groups is 10. The van der Waals surface area contributed by atoms with E-state index in [1.54, 1.807) is 20.0 Å². The molecule has 0 spiro atoms. The Labute approximate surface area is 484 Å². The van der Waals surface area contributed by atoms with E-state index in [4.69, 9.17) is 11.5 Å². The maximum Gasteiger partial charge on any atom is 0.243 e. The average Bonchev–Trinajstić information content (AvgIpc) is 4.35. The summed E-state index contributed by atoms with van der Waals surface area (Å²) >= 11 is 0. The molecule has 0 aliphatic heterocycles. The molecule has 0 aliphatic carbocycles. The van der Waals surface area contributed by atoms with Crippen LogP contribution in [0.5, 0.6) is 0 Å². The molecule has 25 heteroatoms. The Bertz CT molecular complexity index is 2800. The fourth-order valence-electron chi connectivity index (χ4n) is 9.26. The Balaban J connectivity index is 1.46. The number of H-pyrrole nitrogens is 2. The van der Waals surface area contributed by atoms with Gasteiger partial charge in [-0.05, 0) is 67.6 Å². The molecule has 0 aliphatic rings. The molecule has 0 saturated carbocycles. The lowest BCUT2D eigenvalue weighted by molar-refractivity contribution is -0.135. The number of para-hydroxylation sites is 1.